The summed E-state index contributed by atoms with van der Waals surface area (Å²) >= 11 is 0. The Morgan fingerprint density at radius 2 is 1.83 bits per heavy atom. The first-order chi connectivity index (χ1) is 11.3. The summed E-state index contributed by atoms with van der Waals surface area (Å²) in [6, 6.07) is 7.39. The van der Waals surface area contributed by atoms with E-state index < -0.39 is 5.60 Å². The van der Waals surface area contributed by atoms with E-state index in [2.05, 4.69) is 10.3 Å². The Morgan fingerprint density at radius 3 is 2.50 bits per heavy atom. The predicted molar refractivity (Wildman–Crippen MR) is 88.7 cm³/mol. The van der Waals surface area contributed by atoms with Gasteiger partial charge in [0.15, 0.2) is 0 Å². The molecule has 0 aliphatic carbocycles. The molecule has 0 spiro atoms. The number of amides is 1. The number of ether oxygens (including phenoxy) is 1. The Balaban J connectivity index is 1.64. The van der Waals surface area contributed by atoms with Crippen molar-refractivity contribution in [2.24, 2.45) is 5.92 Å². The van der Waals surface area contributed by atoms with E-state index in [-0.39, 0.29) is 17.9 Å². The van der Waals surface area contributed by atoms with Gasteiger partial charge in [0, 0.05) is 19.0 Å². The normalized spacial score (nSPS) is 16.4. The molecule has 128 valence electrons. The van der Waals surface area contributed by atoms with Crippen LogP contribution in [0.1, 0.15) is 38.4 Å². The van der Waals surface area contributed by atoms with Crippen molar-refractivity contribution in [2.75, 3.05) is 13.1 Å². The number of rotatable bonds is 1. The quantitative estimate of drug-likeness (QED) is 0.803. The number of para-hydroxylation sites is 1. The number of nitrogens with zero attached hydrogens (tertiary/aromatic N) is 4. The lowest BCUT2D eigenvalue weighted by Crippen LogP contribution is -2.43. The SMILES string of the molecule is CC(C)(C)OC(=O)N1CCC(C(=O)n2nnc3ccccc32)CC1. The molecule has 0 saturated carbocycles. The average molecular weight is 330 g/mol. The standard InChI is InChI=1S/C17H22N4O3/c1-17(2,3)24-16(23)20-10-8-12(9-11-20)15(22)21-14-7-5-4-6-13(14)18-19-21/h4-7,12H,8-11H2,1-3H3. The van der Waals surface area contributed by atoms with Crippen molar-refractivity contribution in [3.05, 3.63) is 24.3 Å². The minimum Gasteiger partial charge on any atom is -0.444 e. The topological polar surface area (TPSA) is 77.3 Å². The molecule has 1 fully saturated rings. The number of fused-ring (bicyclic) bond motifs is 1. The summed E-state index contributed by atoms with van der Waals surface area (Å²) in [6.07, 6.45) is 0.887. The predicted octanol–water partition coefficient (Wildman–Crippen LogP) is 2.72. The van der Waals surface area contributed by atoms with Crippen LogP contribution in [0.4, 0.5) is 4.79 Å². The third-order valence-corrected chi connectivity index (χ3v) is 4.06. The summed E-state index contributed by atoms with van der Waals surface area (Å²) < 4.78 is 6.76. The summed E-state index contributed by atoms with van der Waals surface area (Å²) in [4.78, 5) is 26.5. The fourth-order valence-electron chi connectivity index (χ4n) is 2.84. The molecular weight excluding hydrogens is 308 g/mol. The average Bonchev–Trinajstić information content (AvgIpc) is 2.97. The second-order valence-corrected chi connectivity index (χ2v) is 7.07. The van der Waals surface area contributed by atoms with Crippen LogP contribution in [0.5, 0.6) is 0 Å². The van der Waals surface area contributed by atoms with Gasteiger partial charge in [-0.05, 0) is 45.7 Å². The van der Waals surface area contributed by atoms with E-state index in [9.17, 15) is 9.59 Å². The number of carbonyl (C=O) groups is 2. The number of carbonyl (C=O) groups excluding carboxylic acids is 2. The molecule has 1 aliphatic heterocycles. The highest BCUT2D eigenvalue weighted by molar-refractivity contribution is 5.90. The molecule has 1 aromatic carbocycles. The molecule has 7 nitrogen and oxygen atoms in total. The van der Waals surface area contributed by atoms with Gasteiger partial charge in [-0.15, -0.1) is 5.10 Å². The van der Waals surface area contributed by atoms with Gasteiger partial charge in [0.25, 0.3) is 5.91 Å². The Kier molecular flexibility index (Phi) is 4.26. The van der Waals surface area contributed by atoms with Gasteiger partial charge < -0.3 is 9.64 Å². The minimum absolute atomic E-state index is 0.0625. The van der Waals surface area contributed by atoms with Crippen molar-refractivity contribution in [1.29, 1.82) is 0 Å². The molecule has 0 N–H and O–H groups in total. The molecule has 0 radical (unpaired) electrons. The summed E-state index contributed by atoms with van der Waals surface area (Å²) in [5.74, 6) is -0.221. The third-order valence-electron chi connectivity index (χ3n) is 4.06. The van der Waals surface area contributed by atoms with Crippen molar-refractivity contribution in [2.45, 2.75) is 39.2 Å². The van der Waals surface area contributed by atoms with Gasteiger partial charge in [-0.3, -0.25) is 4.79 Å². The van der Waals surface area contributed by atoms with Crippen LogP contribution in [0.3, 0.4) is 0 Å². The molecule has 2 aromatic rings. The summed E-state index contributed by atoms with van der Waals surface area (Å²) in [6.45, 7) is 6.56. The smallest absolute Gasteiger partial charge is 0.410 e. The molecule has 7 heteroatoms. The van der Waals surface area contributed by atoms with Crippen LogP contribution in [-0.2, 0) is 4.74 Å². The maximum atomic E-state index is 12.7. The van der Waals surface area contributed by atoms with Gasteiger partial charge in [0.2, 0.25) is 0 Å². The van der Waals surface area contributed by atoms with E-state index >= 15 is 0 Å². The lowest BCUT2D eigenvalue weighted by Gasteiger charge is -2.32. The van der Waals surface area contributed by atoms with Crippen LogP contribution in [0.15, 0.2) is 24.3 Å². The molecule has 2 heterocycles. The first-order valence-electron chi connectivity index (χ1n) is 8.18. The zero-order valence-electron chi connectivity index (χ0n) is 14.2. The maximum Gasteiger partial charge on any atom is 0.410 e. The highest BCUT2D eigenvalue weighted by Gasteiger charge is 2.31. The van der Waals surface area contributed by atoms with E-state index in [1.165, 1.54) is 4.68 Å². The van der Waals surface area contributed by atoms with E-state index in [1.807, 2.05) is 45.0 Å². The maximum absolute atomic E-state index is 12.7. The highest BCUT2D eigenvalue weighted by atomic mass is 16.6. The molecule has 1 amide bonds. The number of hydrogen-bond donors (Lipinski definition) is 0. The monoisotopic (exact) mass is 330 g/mol. The van der Waals surface area contributed by atoms with E-state index in [4.69, 9.17) is 4.74 Å². The summed E-state index contributed by atoms with van der Waals surface area (Å²) in [5, 5.41) is 8.01. The Hall–Kier alpha value is -2.44. The van der Waals surface area contributed by atoms with Crippen molar-refractivity contribution in [3.63, 3.8) is 0 Å². The lowest BCUT2D eigenvalue weighted by molar-refractivity contribution is 0.0175. The second-order valence-electron chi connectivity index (χ2n) is 7.07. The van der Waals surface area contributed by atoms with Crippen LogP contribution in [0.2, 0.25) is 0 Å². The fourth-order valence-corrected chi connectivity index (χ4v) is 2.84. The number of hydrogen-bond acceptors (Lipinski definition) is 5. The van der Waals surface area contributed by atoms with E-state index in [0.29, 0.717) is 31.4 Å². The van der Waals surface area contributed by atoms with Crippen LogP contribution in [0, 0.1) is 5.92 Å². The van der Waals surface area contributed by atoms with E-state index in [0.717, 1.165) is 5.52 Å². The molecule has 0 bridgehead atoms. The van der Waals surface area contributed by atoms with Crippen molar-refractivity contribution < 1.29 is 14.3 Å². The number of benzene rings is 1. The number of aromatic nitrogens is 3. The van der Waals surface area contributed by atoms with Crippen molar-refractivity contribution in [3.8, 4) is 0 Å². The second kappa shape index (κ2) is 6.22. The summed E-state index contributed by atoms with van der Waals surface area (Å²) in [5.41, 5.74) is 0.915. The molecule has 1 aromatic heterocycles. The van der Waals surface area contributed by atoms with Gasteiger partial charge >= 0.3 is 6.09 Å². The number of likely N-dealkylation sites (tertiary alicyclic amines) is 1. The van der Waals surface area contributed by atoms with Crippen LogP contribution >= 0.6 is 0 Å². The molecule has 1 aliphatic rings. The molecule has 0 atom stereocenters. The van der Waals surface area contributed by atoms with Crippen LogP contribution in [0.25, 0.3) is 11.0 Å². The molecule has 3 rings (SSSR count). The third kappa shape index (κ3) is 3.39. The van der Waals surface area contributed by atoms with Gasteiger partial charge in [-0.2, -0.15) is 4.68 Å². The first kappa shape index (κ1) is 16.4. The fraction of sp³-hybridized carbons (Fsp3) is 0.529. The van der Waals surface area contributed by atoms with Gasteiger partial charge in [0.1, 0.15) is 11.1 Å². The molecule has 24 heavy (non-hydrogen) atoms. The molecule has 0 unspecified atom stereocenters. The van der Waals surface area contributed by atoms with Crippen LogP contribution in [-0.4, -0.2) is 50.6 Å². The first-order valence-corrected chi connectivity index (χ1v) is 8.18. The summed E-state index contributed by atoms with van der Waals surface area (Å²) in [7, 11) is 0. The molecular formula is C17H22N4O3. The van der Waals surface area contributed by atoms with E-state index in [1.54, 1.807) is 4.90 Å². The highest BCUT2D eigenvalue weighted by Crippen LogP contribution is 2.22. The van der Waals surface area contributed by atoms with Crippen molar-refractivity contribution in [1.82, 2.24) is 19.9 Å². The molecule has 1 saturated heterocycles. The largest absolute Gasteiger partial charge is 0.444 e. The lowest BCUT2D eigenvalue weighted by atomic mass is 9.96. The number of piperidine rings is 1. The minimum atomic E-state index is -0.511. The van der Waals surface area contributed by atoms with Gasteiger partial charge in [0.05, 0.1) is 5.52 Å². The van der Waals surface area contributed by atoms with Gasteiger partial charge in [-0.25, -0.2) is 4.79 Å². The van der Waals surface area contributed by atoms with Crippen LogP contribution < -0.4 is 0 Å². The van der Waals surface area contributed by atoms with Gasteiger partial charge in [-0.1, -0.05) is 17.3 Å². The Morgan fingerprint density at radius 1 is 1.17 bits per heavy atom. The van der Waals surface area contributed by atoms with Crippen molar-refractivity contribution >= 4 is 23.0 Å². The zero-order valence-corrected chi connectivity index (χ0v) is 14.2. The Labute approximate surface area is 140 Å². The Bertz CT molecular complexity index is 755. The zero-order chi connectivity index (χ0) is 17.3.